The predicted octanol–water partition coefficient (Wildman–Crippen LogP) is 4.47. The number of carbonyl (C=O) groups excluding carboxylic acids is 1. The minimum absolute atomic E-state index is 0.148. The minimum Gasteiger partial charge on any atom is -0.481 e. The van der Waals surface area contributed by atoms with E-state index in [-0.39, 0.29) is 11.7 Å². The third kappa shape index (κ3) is 5.89. The Morgan fingerprint density at radius 2 is 1.72 bits per heavy atom. The summed E-state index contributed by atoms with van der Waals surface area (Å²) in [5.74, 6) is 0.536. The van der Waals surface area contributed by atoms with Crippen LogP contribution in [0.2, 0.25) is 0 Å². The lowest BCUT2D eigenvalue weighted by atomic mass is 10.0. The summed E-state index contributed by atoms with van der Waals surface area (Å²) in [5, 5.41) is 2.91. The molecule has 1 N–H and O–H groups in total. The smallest absolute Gasteiger partial charge is 0.261 e. The Balaban J connectivity index is 1.82. The molecule has 0 saturated carbocycles. The summed E-state index contributed by atoms with van der Waals surface area (Å²) < 4.78 is 18.6. The molecule has 1 amide bonds. The molecule has 1 unspecified atom stereocenters. The number of nitrogens with one attached hydrogen (secondary N) is 1. The van der Waals surface area contributed by atoms with E-state index in [4.69, 9.17) is 4.74 Å². The zero-order valence-corrected chi connectivity index (χ0v) is 15.1. The average Bonchev–Trinajstić information content (AvgIpc) is 2.61. The van der Waals surface area contributed by atoms with Gasteiger partial charge in [-0.1, -0.05) is 45.0 Å². The van der Waals surface area contributed by atoms with E-state index in [0.717, 1.165) is 6.42 Å². The van der Waals surface area contributed by atoms with Crippen LogP contribution in [0.1, 0.15) is 44.2 Å². The lowest BCUT2D eigenvalue weighted by Crippen LogP contribution is -2.38. The van der Waals surface area contributed by atoms with Gasteiger partial charge < -0.3 is 10.1 Å². The van der Waals surface area contributed by atoms with Crippen LogP contribution in [-0.2, 0) is 11.2 Å². The van der Waals surface area contributed by atoms with Crippen molar-refractivity contribution >= 4 is 5.91 Å². The number of carbonyl (C=O) groups is 1. The highest BCUT2D eigenvalue weighted by molar-refractivity contribution is 5.81. The van der Waals surface area contributed by atoms with Crippen LogP contribution in [0, 0.1) is 5.82 Å². The van der Waals surface area contributed by atoms with E-state index in [0.29, 0.717) is 24.6 Å². The second-order valence-electron chi connectivity index (χ2n) is 6.41. The third-order valence-electron chi connectivity index (χ3n) is 4.11. The van der Waals surface area contributed by atoms with Gasteiger partial charge in [0.05, 0.1) is 0 Å². The first kappa shape index (κ1) is 19.0. The van der Waals surface area contributed by atoms with E-state index in [1.165, 1.54) is 35.4 Å². The summed E-state index contributed by atoms with van der Waals surface area (Å²) in [7, 11) is 0. The fourth-order valence-electron chi connectivity index (χ4n) is 2.51. The predicted molar refractivity (Wildman–Crippen MR) is 98.4 cm³/mol. The first-order valence-corrected chi connectivity index (χ1v) is 8.78. The number of rotatable bonds is 8. The Morgan fingerprint density at radius 3 is 2.28 bits per heavy atom. The van der Waals surface area contributed by atoms with E-state index in [9.17, 15) is 9.18 Å². The average molecular weight is 343 g/mol. The Kier molecular flexibility index (Phi) is 6.99. The highest BCUT2D eigenvalue weighted by Gasteiger charge is 2.17. The lowest BCUT2D eigenvalue weighted by molar-refractivity contribution is -0.128. The van der Waals surface area contributed by atoms with Crippen molar-refractivity contribution in [2.45, 2.75) is 45.6 Å². The molecule has 0 aliphatic heterocycles. The van der Waals surface area contributed by atoms with Gasteiger partial charge in [0.2, 0.25) is 0 Å². The molecule has 0 radical (unpaired) electrons. The van der Waals surface area contributed by atoms with Crippen LogP contribution in [0.3, 0.4) is 0 Å². The third-order valence-corrected chi connectivity index (χ3v) is 4.11. The summed E-state index contributed by atoms with van der Waals surface area (Å²) in [6, 6.07) is 14.2. The highest BCUT2D eigenvalue weighted by Crippen LogP contribution is 2.16. The molecule has 0 heterocycles. The van der Waals surface area contributed by atoms with Gasteiger partial charge >= 0.3 is 0 Å². The molecule has 0 bridgehead atoms. The lowest BCUT2D eigenvalue weighted by Gasteiger charge is -2.17. The highest BCUT2D eigenvalue weighted by atomic mass is 19.1. The summed E-state index contributed by atoms with van der Waals surface area (Å²) in [4.78, 5) is 12.3. The molecule has 4 heteroatoms. The zero-order chi connectivity index (χ0) is 18.2. The van der Waals surface area contributed by atoms with Gasteiger partial charge in [-0.05, 0) is 54.2 Å². The minimum atomic E-state index is -0.575. The summed E-state index contributed by atoms with van der Waals surface area (Å²) in [5.41, 5.74) is 2.50. The fraction of sp³-hybridized carbons (Fsp3) is 0.381. The van der Waals surface area contributed by atoms with Crippen LogP contribution < -0.4 is 10.1 Å². The maximum atomic E-state index is 12.9. The molecule has 0 fully saturated rings. The van der Waals surface area contributed by atoms with Gasteiger partial charge in [-0.3, -0.25) is 4.79 Å². The molecule has 0 aromatic heterocycles. The summed E-state index contributed by atoms with van der Waals surface area (Å²) in [6.07, 6.45) is 0.748. The van der Waals surface area contributed by atoms with Crippen molar-refractivity contribution in [3.8, 4) is 5.75 Å². The van der Waals surface area contributed by atoms with Gasteiger partial charge in [0.15, 0.2) is 6.10 Å². The molecule has 2 aromatic carbocycles. The quantitative estimate of drug-likeness (QED) is 0.768. The molecule has 0 spiro atoms. The monoisotopic (exact) mass is 343 g/mol. The van der Waals surface area contributed by atoms with Crippen molar-refractivity contribution in [2.24, 2.45) is 0 Å². The molecule has 134 valence electrons. The molecule has 3 nitrogen and oxygen atoms in total. The summed E-state index contributed by atoms with van der Waals surface area (Å²) in [6.45, 7) is 6.78. The van der Waals surface area contributed by atoms with Crippen molar-refractivity contribution in [1.82, 2.24) is 5.32 Å². The summed E-state index contributed by atoms with van der Waals surface area (Å²) >= 11 is 0. The Hall–Kier alpha value is -2.36. The maximum Gasteiger partial charge on any atom is 0.261 e. The number of hydrogen-bond acceptors (Lipinski definition) is 2. The van der Waals surface area contributed by atoms with Gasteiger partial charge in [0.25, 0.3) is 5.91 Å². The number of benzene rings is 2. The molecule has 2 rings (SSSR count). The Bertz CT molecular complexity index is 665. The second-order valence-corrected chi connectivity index (χ2v) is 6.41. The fourth-order valence-corrected chi connectivity index (χ4v) is 2.51. The van der Waals surface area contributed by atoms with Crippen LogP contribution in [-0.4, -0.2) is 18.6 Å². The Morgan fingerprint density at radius 1 is 1.08 bits per heavy atom. The first-order valence-electron chi connectivity index (χ1n) is 8.78. The van der Waals surface area contributed by atoms with E-state index >= 15 is 0 Å². The number of halogens is 1. The molecular weight excluding hydrogens is 317 g/mol. The van der Waals surface area contributed by atoms with Gasteiger partial charge in [0.1, 0.15) is 11.6 Å². The van der Waals surface area contributed by atoms with Crippen molar-refractivity contribution in [1.29, 1.82) is 0 Å². The molecule has 2 aromatic rings. The van der Waals surface area contributed by atoms with Crippen LogP contribution in [0.5, 0.6) is 5.75 Å². The van der Waals surface area contributed by atoms with Crippen molar-refractivity contribution < 1.29 is 13.9 Å². The van der Waals surface area contributed by atoms with E-state index in [1.807, 2.05) is 6.92 Å². The van der Waals surface area contributed by atoms with Gasteiger partial charge in [-0.2, -0.15) is 0 Å². The maximum absolute atomic E-state index is 12.9. The second kappa shape index (κ2) is 9.21. The van der Waals surface area contributed by atoms with Crippen molar-refractivity contribution in [3.63, 3.8) is 0 Å². The topological polar surface area (TPSA) is 38.3 Å². The number of ether oxygens (including phenoxy) is 1. The largest absolute Gasteiger partial charge is 0.481 e. The first-order chi connectivity index (χ1) is 12.0. The molecule has 25 heavy (non-hydrogen) atoms. The van der Waals surface area contributed by atoms with Crippen LogP contribution in [0.4, 0.5) is 4.39 Å². The van der Waals surface area contributed by atoms with Gasteiger partial charge in [0, 0.05) is 6.54 Å². The van der Waals surface area contributed by atoms with Gasteiger partial charge in [-0.15, -0.1) is 0 Å². The van der Waals surface area contributed by atoms with Crippen LogP contribution >= 0.6 is 0 Å². The molecular formula is C21H26FNO2. The zero-order valence-electron chi connectivity index (χ0n) is 15.1. The van der Waals surface area contributed by atoms with Crippen molar-refractivity contribution in [2.75, 3.05) is 6.54 Å². The number of hydrogen-bond donors (Lipinski definition) is 1. The van der Waals surface area contributed by atoms with E-state index in [1.54, 1.807) is 0 Å². The van der Waals surface area contributed by atoms with Crippen molar-refractivity contribution in [3.05, 3.63) is 65.5 Å². The molecule has 0 aliphatic carbocycles. The molecule has 0 aliphatic rings. The standard InChI is InChI=1S/C21H26FNO2/c1-4-20(25-19-11-9-18(22)10-12-19)21(24)23-14-13-16-5-7-17(8-6-16)15(2)3/h5-12,15,20H,4,13-14H2,1-3H3,(H,23,24). The number of amides is 1. The van der Waals surface area contributed by atoms with Crippen LogP contribution in [0.15, 0.2) is 48.5 Å². The van der Waals surface area contributed by atoms with Gasteiger partial charge in [-0.25, -0.2) is 4.39 Å². The Labute approximate surface area is 149 Å². The molecule has 0 saturated heterocycles. The van der Waals surface area contributed by atoms with E-state index < -0.39 is 6.10 Å². The normalized spacial score (nSPS) is 12.0. The SMILES string of the molecule is CCC(Oc1ccc(F)cc1)C(=O)NCCc1ccc(C(C)C)cc1. The van der Waals surface area contributed by atoms with E-state index in [2.05, 4.69) is 43.4 Å². The molecule has 1 atom stereocenters. The van der Waals surface area contributed by atoms with Crippen LogP contribution in [0.25, 0.3) is 0 Å².